The highest BCUT2D eigenvalue weighted by atomic mass is 127. The van der Waals surface area contributed by atoms with Gasteiger partial charge in [0.2, 0.25) is 0 Å². The monoisotopic (exact) mass is 563 g/mol. The molecule has 0 aliphatic carbocycles. The van der Waals surface area contributed by atoms with Gasteiger partial charge in [-0.05, 0) is 36.1 Å². The molecule has 2 aromatic rings. The Morgan fingerprint density at radius 3 is 2.48 bits per heavy atom. The van der Waals surface area contributed by atoms with Gasteiger partial charge in [0.1, 0.15) is 0 Å². The summed E-state index contributed by atoms with van der Waals surface area (Å²) in [6, 6.07) is 20.2. The first-order valence-corrected chi connectivity index (χ1v) is 11.9. The maximum absolute atomic E-state index is 5.46. The van der Waals surface area contributed by atoms with E-state index in [9.17, 15) is 0 Å². The maximum atomic E-state index is 5.46. The number of nitrogens with one attached hydrogen (secondary N) is 2. The van der Waals surface area contributed by atoms with Crippen molar-refractivity contribution in [2.45, 2.75) is 38.5 Å². The summed E-state index contributed by atoms with van der Waals surface area (Å²) in [6.45, 7) is 8.59. The van der Waals surface area contributed by atoms with E-state index in [0.29, 0.717) is 6.04 Å². The fourth-order valence-corrected chi connectivity index (χ4v) is 4.63. The molecule has 1 atom stereocenters. The Hall–Kier alpha value is -1.68. The molecule has 2 heterocycles. The number of ether oxygens (including phenoxy) is 1. The molecule has 2 aromatic carbocycles. The molecule has 2 fully saturated rings. The molecule has 2 N–H and O–H groups in total. The summed E-state index contributed by atoms with van der Waals surface area (Å²) >= 11 is 0. The van der Waals surface area contributed by atoms with E-state index in [1.54, 1.807) is 0 Å². The van der Waals surface area contributed by atoms with Crippen LogP contribution in [0, 0.1) is 0 Å². The molecule has 2 saturated heterocycles. The highest BCUT2D eigenvalue weighted by Crippen LogP contribution is 2.19. The average molecular weight is 564 g/mol. The summed E-state index contributed by atoms with van der Waals surface area (Å²) in [5.74, 6) is 0.871. The number of benzene rings is 2. The highest BCUT2D eigenvalue weighted by Gasteiger charge is 2.24. The number of likely N-dealkylation sites (tertiary alicyclic amines) is 1. The molecular formula is C26H38IN5O. The summed E-state index contributed by atoms with van der Waals surface area (Å²) in [4.78, 5) is 9.49. The van der Waals surface area contributed by atoms with Crippen LogP contribution in [0.4, 0.5) is 0 Å². The highest BCUT2D eigenvalue weighted by molar-refractivity contribution is 14.0. The van der Waals surface area contributed by atoms with E-state index in [2.05, 4.69) is 80.0 Å². The molecule has 2 aliphatic heterocycles. The normalized spacial score (nSPS) is 19.8. The van der Waals surface area contributed by atoms with Crippen molar-refractivity contribution in [3.05, 3.63) is 71.3 Å². The van der Waals surface area contributed by atoms with Gasteiger partial charge in [-0.1, -0.05) is 54.6 Å². The van der Waals surface area contributed by atoms with Crippen LogP contribution in [0.25, 0.3) is 0 Å². The first-order chi connectivity index (χ1) is 15.8. The van der Waals surface area contributed by atoms with E-state index in [0.717, 1.165) is 58.4 Å². The predicted molar refractivity (Wildman–Crippen MR) is 146 cm³/mol. The molecule has 7 heteroatoms. The van der Waals surface area contributed by atoms with E-state index in [1.165, 1.54) is 36.1 Å². The molecule has 1 unspecified atom stereocenters. The van der Waals surface area contributed by atoms with Crippen LogP contribution < -0.4 is 10.6 Å². The standard InChI is InChI=1S/C26H37N5O.HI/c1-27-26(29-19-25-11-6-12-31(25)21-22-7-3-2-4-8-22)28-18-23-9-5-10-24(17-23)20-30-13-15-32-16-14-30;/h2-5,7-10,17,25H,6,11-16,18-21H2,1H3,(H2,27,28,29);1H. The number of nitrogens with zero attached hydrogens (tertiary/aromatic N) is 3. The van der Waals surface area contributed by atoms with Crippen molar-refractivity contribution < 1.29 is 4.74 Å². The Bertz CT molecular complexity index is 857. The lowest BCUT2D eigenvalue weighted by atomic mass is 10.1. The van der Waals surface area contributed by atoms with Crippen molar-refractivity contribution in [1.29, 1.82) is 0 Å². The Balaban J connectivity index is 0.00000306. The zero-order valence-corrected chi connectivity index (χ0v) is 22.0. The van der Waals surface area contributed by atoms with Crippen LogP contribution in [0.1, 0.15) is 29.5 Å². The molecule has 2 aliphatic rings. The first kappa shape index (κ1) is 25.9. The Kier molecular flexibility index (Phi) is 10.9. The van der Waals surface area contributed by atoms with Crippen molar-refractivity contribution >= 4 is 29.9 Å². The molecule has 33 heavy (non-hydrogen) atoms. The molecule has 0 saturated carbocycles. The average Bonchev–Trinajstić information content (AvgIpc) is 3.27. The van der Waals surface area contributed by atoms with Gasteiger partial charge in [-0.2, -0.15) is 0 Å². The van der Waals surface area contributed by atoms with Gasteiger partial charge in [-0.3, -0.25) is 14.8 Å². The van der Waals surface area contributed by atoms with Gasteiger partial charge in [0, 0.05) is 52.4 Å². The SMILES string of the molecule is CN=C(NCc1cccc(CN2CCOCC2)c1)NCC1CCCN1Cc1ccccc1.I. The van der Waals surface area contributed by atoms with E-state index in [-0.39, 0.29) is 24.0 Å². The summed E-state index contributed by atoms with van der Waals surface area (Å²) in [7, 11) is 1.85. The zero-order valence-electron chi connectivity index (χ0n) is 19.7. The second kappa shape index (κ2) is 13.9. The lowest BCUT2D eigenvalue weighted by molar-refractivity contribution is 0.0342. The van der Waals surface area contributed by atoms with Gasteiger partial charge in [0.25, 0.3) is 0 Å². The third-order valence-corrected chi connectivity index (χ3v) is 6.42. The fraction of sp³-hybridized carbons (Fsp3) is 0.500. The van der Waals surface area contributed by atoms with Crippen LogP contribution in [-0.2, 0) is 24.4 Å². The van der Waals surface area contributed by atoms with Gasteiger partial charge in [0.05, 0.1) is 13.2 Å². The molecule has 6 nitrogen and oxygen atoms in total. The molecule has 180 valence electrons. The Morgan fingerprint density at radius 1 is 0.939 bits per heavy atom. The van der Waals surface area contributed by atoms with Gasteiger partial charge in [0.15, 0.2) is 5.96 Å². The van der Waals surface area contributed by atoms with Crippen molar-refractivity contribution in [2.24, 2.45) is 4.99 Å². The summed E-state index contributed by atoms with van der Waals surface area (Å²) < 4.78 is 5.46. The molecule has 0 spiro atoms. The van der Waals surface area contributed by atoms with Crippen molar-refractivity contribution in [3.63, 3.8) is 0 Å². The second-order valence-electron chi connectivity index (χ2n) is 8.77. The van der Waals surface area contributed by atoms with Crippen LogP contribution in [0.3, 0.4) is 0 Å². The van der Waals surface area contributed by atoms with Crippen LogP contribution >= 0.6 is 24.0 Å². The number of halogens is 1. The predicted octanol–water partition coefficient (Wildman–Crippen LogP) is 3.47. The van der Waals surface area contributed by atoms with Gasteiger partial charge < -0.3 is 15.4 Å². The quantitative estimate of drug-likeness (QED) is 0.293. The summed E-state index contributed by atoms with van der Waals surface area (Å²) in [5, 5.41) is 7.04. The smallest absolute Gasteiger partial charge is 0.191 e. The van der Waals surface area contributed by atoms with Gasteiger partial charge >= 0.3 is 0 Å². The lowest BCUT2D eigenvalue weighted by Crippen LogP contribution is -2.44. The summed E-state index contributed by atoms with van der Waals surface area (Å²) in [5.41, 5.74) is 4.03. The molecule has 0 aromatic heterocycles. The Morgan fingerprint density at radius 2 is 1.70 bits per heavy atom. The summed E-state index contributed by atoms with van der Waals surface area (Å²) in [6.07, 6.45) is 2.50. The number of guanidine groups is 1. The minimum absolute atomic E-state index is 0. The van der Waals surface area contributed by atoms with E-state index < -0.39 is 0 Å². The topological polar surface area (TPSA) is 52.1 Å². The largest absolute Gasteiger partial charge is 0.379 e. The third-order valence-electron chi connectivity index (χ3n) is 6.42. The van der Waals surface area contributed by atoms with Crippen LogP contribution in [0.2, 0.25) is 0 Å². The number of hydrogen-bond donors (Lipinski definition) is 2. The third kappa shape index (κ3) is 8.24. The van der Waals surface area contributed by atoms with Crippen molar-refractivity contribution in [2.75, 3.05) is 46.4 Å². The first-order valence-electron chi connectivity index (χ1n) is 11.9. The van der Waals surface area contributed by atoms with E-state index in [1.807, 2.05) is 7.05 Å². The molecule has 0 bridgehead atoms. The maximum Gasteiger partial charge on any atom is 0.191 e. The molecule has 0 amide bonds. The lowest BCUT2D eigenvalue weighted by Gasteiger charge is -2.26. The number of hydrogen-bond acceptors (Lipinski definition) is 4. The number of aliphatic imine (C=N–C) groups is 1. The van der Waals surface area contributed by atoms with Crippen molar-refractivity contribution in [1.82, 2.24) is 20.4 Å². The zero-order chi connectivity index (χ0) is 22.0. The molecular weight excluding hydrogens is 525 g/mol. The van der Waals surface area contributed by atoms with Gasteiger partial charge in [-0.15, -0.1) is 24.0 Å². The van der Waals surface area contributed by atoms with E-state index in [4.69, 9.17) is 4.74 Å². The molecule has 4 rings (SSSR count). The molecule has 0 radical (unpaired) electrons. The fourth-order valence-electron chi connectivity index (χ4n) is 4.63. The van der Waals surface area contributed by atoms with E-state index >= 15 is 0 Å². The minimum atomic E-state index is 0. The minimum Gasteiger partial charge on any atom is -0.379 e. The number of morpholine rings is 1. The number of rotatable bonds is 8. The second-order valence-corrected chi connectivity index (χ2v) is 8.77. The Labute approximate surface area is 215 Å². The van der Waals surface area contributed by atoms with Crippen LogP contribution in [0.15, 0.2) is 59.6 Å². The van der Waals surface area contributed by atoms with Crippen LogP contribution in [-0.4, -0.2) is 68.2 Å². The van der Waals surface area contributed by atoms with Gasteiger partial charge in [-0.25, -0.2) is 0 Å². The van der Waals surface area contributed by atoms with Crippen LogP contribution in [0.5, 0.6) is 0 Å². The van der Waals surface area contributed by atoms with Crippen molar-refractivity contribution in [3.8, 4) is 0 Å².